The molecule has 1 aliphatic rings. The maximum atomic E-state index is 10.4. The summed E-state index contributed by atoms with van der Waals surface area (Å²) >= 11 is 0. The number of hydrogen-bond donors (Lipinski definition) is 1. The van der Waals surface area contributed by atoms with Crippen molar-refractivity contribution < 1.29 is 14.8 Å². The largest absolute Gasteiger partial charge is 0.481 e. The van der Waals surface area contributed by atoms with Gasteiger partial charge in [-0.2, -0.15) is 0 Å². The van der Waals surface area contributed by atoms with Crippen LogP contribution in [0.4, 0.5) is 0 Å². The molecule has 5 heteroatoms. The highest BCUT2D eigenvalue weighted by atomic mass is 16.6. The SMILES string of the molecule is O=C(O)C1C=CCC1[N+](=O)[O-]. The van der Waals surface area contributed by atoms with Crippen LogP contribution in [0.2, 0.25) is 0 Å². The Labute approximate surface area is 62.5 Å². The van der Waals surface area contributed by atoms with Gasteiger partial charge >= 0.3 is 5.97 Å². The van der Waals surface area contributed by atoms with Crippen LogP contribution in [0.3, 0.4) is 0 Å². The molecule has 0 saturated heterocycles. The van der Waals surface area contributed by atoms with E-state index in [4.69, 9.17) is 5.11 Å². The van der Waals surface area contributed by atoms with E-state index in [0.29, 0.717) is 0 Å². The first-order chi connectivity index (χ1) is 5.13. The summed E-state index contributed by atoms with van der Waals surface area (Å²) in [5.74, 6) is -2.06. The summed E-state index contributed by atoms with van der Waals surface area (Å²) in [5, 5.41) is 18.7. The average molecular weight is 157 g/mol. The molecule has 5 nitrogen and oxygen atoms in total. The minimum Gasteiger partial charge on any atom is -0.481 e. The van der Waals surface area contributed by atoms with Crippen molar-refractivity contribution in [1.29, 1.82) is 0 Å². The van der Waals surface area contributed by atoms with E-state index in [2.05, 4.69) is 0 Å². The van der Waals surface area contributed by atoms with E-state index in [1.807, 2.05) is 0 Å². The number of aliphatic carboxylic acids is 1. The molecule has 2 atom stereocenters. The molecule has 1 aliphatic carbocycles. The number of hydrogen-bond acceptors (Lipinski definition) is 3. The number of carboxylic acids is 1. The zero-order chi connectivity index (χ0) is 8.43. The summed E-state index contributed by atoms with van der Waals surface area (Å²) in [6, 6.07) is -0.965. The maximum Gasteiger partial charge on any atom is 0.317 e. The molecule has 11 heavy (non-hydrogen) atoms. The van der Waals surface area contributed by atoms with Crippen LogP contribution < -0.4 is 0 Å². The molecule has 1 N–H and O–H groups in total. The Kier molecular flexibility index (Phi) is 1.89. The summed E-state index contributed by atoms with van der Waals surface area (Å²) in [4.78, 5) is 20.0. The number of rotatable bonds is 2. The molecule has 0 radical (unpaired) electrons. The molecule has 0 bridgehead atoms. The molecule has 0 aromatic carbocycles. The predicted octanol–water partition coefficient (Wildman–Crippen LogP) is 0.292. The van der Waals surface area contributed by atoms with E-state index in [0.717, 1.165) is 0 Å². The van der Waals surface area contributed by atoms with Gasteiger partial charge in [-0.3, -0.25) is 14.9 Å². The van der Waals surface area contributed by atoms with Gasteiger partial charge in [-0.25, -0.2) is 0 Å². The molecule has 60 valence electrons. The van der Waals surface area contributed by atoms with Crippen LogP contribution in [-0.4, -0.2) is 22.0 Å². The first-order valence-electron chi connectivity index (χ1n) is 3.16. The average Bonchev–Trinajstić information content (AvgIpc) is 2.32. The Morgan fingerprint density at radius 1 is 1.73 bits per heavy atom. The van der Waals surface area contributed by atoms with Gasteiger partial charge in [-0.15, -0.1) is 0 Å². The van der Waals surface area contributed by atoms with Crippen LogP contribution in [0.5, 0.6) is 0 Å². The second kappa shape index (κ2) is 2.69. The van der Waals surface area contributed by atoms with Gasteiger partial charge in [0.2, 0.25) is 6.04 Å². The summed E-state index contributed by atoms with van der Waals surface area (Å²) in [7, 11) is 0. The molecule has 0 amide bonds. The Balaban J connectivity index is 2.71. The number of nitro groups is 1. The second-order valence-electron chi connectivity index (χ2n) is 2.38. The summed E-state index contributed by atoms with van der Waals surface area (Å²) < 4.78 is 0. The van der Waals surface area contributed by atoms with E-state index in [1.54, 1.807) is 0 Å². The van der Waals surface area contributed by atoms with Gasteiger partial charge < -0.3 is 5.11 Å². The monoisotopic (exact) mass is 157 g/mol. The van der Waals surface area contributed by atoms with Crippen molar-refractivity contribution in [2.75, 3.05) is 0 Å². The lowest BCUT2D eigenvalue weighted by atomic mass is 10.1. The van der Waals surface area contributed by atoms with Gasteiger partial charge in [0.15, 0.2) is 0 Å². The minimum atomic E-state index is -1.12. The van der Waals surface area contributed by atoms with Gasteiger partial charge in [-0.1, -0.05) is 12.2 Å². The van der Waals surface area contributed by atoms with Crippen LogP contribution in [-0.2, 0) is 4.79 Å². The predicted molar refractivity (Wildman–Crippen MR) is 35.7 cm³/mol. The lowest BCUT2D eigenvalue weighted by molar-refractivity contribution is -0.525. The molecule has 0 aromatic heterocycles. The minimum absolute atomic E-state index is 0.226. The van der Waals surface area contributed by atoms with E-state index < -0.39 is 22.9 Å². The zero-order valence-corrected chi connectivity index (χ0v) is 5.64. The highest BCUT2D eigenvalue weighted by molar-refractivity contribution is 5.73. The van der Waals surface area contributed by atoms with Crippen LogP contribution in [0.15, 0.2) is 12.2 Å². The van der Waals surface area contributed by atoms with Crippen molar-refractivity contribution in [3.63, 3.8) is 0 Å². The van der Waals surface area contributed by atoms with Crippen molar-refractivity contribution in [2.24, 2.45) is 5.92 Å². The number of nitrogens with zero attached hydrogens (tertiary/aromatic N) is 1. The lowest BCUT2D eigenvalue weighted by Crippen LogP contribution is -2.29. The second-order valence-corrected chi connectivity index (χ2v) is 2.38. The van der Waals surface area contributed by atoms with Gasteiger partial charge in [-0.05, 0) is 0 Å². The molecule has 0 spiro atoms. The summed E-state index contributed by atoms with van der Waals surface area (Å²) in [5.41, 5.74) is 0. The molecule has 0 fully saturated rings. The Hall–Kier alpha value is -1.39. The van der Waals surface area contributed by atoms with E-state index >= 15 is 0 Å². The van der Waals surface area contributed by atoms with Crippen LogP contribution in [0, 0.1) is 16.0 Å². The lowest BCUT2D eigenvalue weighted by Gasteiger charge is -2.05. The zero-order valence-electron chi connectivity index (χ0n) is 5.64. The molecule has 0 heterocycles. The number of carboxylic acid groups (broad SMARTS) is 1. The third-order valence-corrected chi connectivity index (χ3v) is 1.69. The van der Waals surface area contributed by atoms with Crippen LogP contribution in [0.25, 0.3) is 0 Å². The molecular formula is C6H7NO4. The van der Waals surface area contributed by atoms with E-state index in [-0.39, 0.29) is 6.42 Å². The third kappa shape index (κ3) is 1.36. The fraction of sp³-hybridized carbons (Fsp3) is 0.500. The van der Waals surface area contributed by atoms with Crippen LogP contribution in [0.1, 0.15) is 6.42 Å². The van der Waals surface area contributed by atoms with E-state index in [9.17, 15) is 14.9 Å². The Morgan fingerprint density at radius 3 is 2.73 bits per heavy atom. The quantitative estimate of drug-likeness (QED) is 0.355. The van der Waals surface area contributed by atoms with Crippen molar-refractivity contribution >= 4 is 5.97 Å². The third-order valence-electron chi connectivity index (χ3n) is 1.69. The van der Waals surface area contributed by atoms with Crippen LogP contribution >= 0.6 is 0 Å². The highest BCUT2D eigenvalue weighted by Crippen LogP contribution is 2.20. The molecule has 2 unspecified atom stereocenters. The maximum absolute atomic E-state index is 10.4. The molecule has 0 aromatic rings. The number of carbonyl (C=O) groups is 1. The van der Waals surface area contributed by atoms with Crippen molar-refractivity contribution in [3.8, 4) is 0 Å². The first-order valence-corrected chi connectivity index (χ1v) is 3.16. The molecule has 0 aliphatic heterocycles. The molecule has 0 saturated carbocycles. The van der Waals surface area contributed by atoms with Gasteiger partial charge in [0.25, 0.3) is 0 Å². The standard InChI is InChI=1S/C6H7NO4/c8-6(9)4-2-1-3-5(4)7(10)11/h1-2,4-5H,3H2,(H,8,9). The summed E-state index contributed by atoms with van der Waals surface area (Å²) in [6.07, 6.45) is 3.13. The van der Waals surface area contributed by atoms with Gasteiger partial charge in [0.1, 0.15) is 5.92 Å². The van der Waals surface area contributed by atoms with Gasteiger partial charge in [0.05, 0.1) is 0 Å². The Morgan fingerprint density at radius 2 is 2.36 bits per heavy atom. The van der Waals surface area contributed by atoms with Crippen molar-refractivity contribution in [1.82, 2.24) is 0 Å². The fourth-order valence-corrected chi connectivity index (χ4v) is 1.10. The van der Waals surface area contributed by atoms with E-state index in [1.165, 1.54) is 12.2 Å². The normalized spacial score (nSPS) is 28.7. The van der Waals surface area contributed by atoms with Crippen molar-refractivity contribution in [3.05, 3.63) is 22.3 Å². The smallest absolute Gasteiger partial charge is 0.317 e. The fourth-order valence-electron chi connectivity index (χ4n) is 1.10. The van der Waals surface area contributed by atoms with Crippen molar-refractivity contribution in [2.45, 2.75) is 12.5 Å². The Bertz CT molecular complexity index is 223. The topological polar surface area (TPSA) is 80.4 Å². The molecule has 1 rings (SSSR count). The van der Waals surface area contributed by atoms with Gasteiger partial charge in [0, 0.05) is 11.3 Å². The summed E-state index contributed by atoms with van der Waals surface area (Å²) in [6.45, 7) is 0. The highest BCUT2D eigenvalue weighted by Gasteiger charge is 2.37. The first kappa shape index (κ1) is 7.71. The molecular weight excluding hydrogens is 150 g/mol.